The van der Waals surface area contributed by atoms with Gasteiger partial charge in [0.1, 0.15) is 17.1 Å². The van der Waals surface area contributed by atoms with Crippen molar-refractivity contribution in [1.82, 2.24) is 15.5 Å². The highest BCUT2D eigenvalue weighted by Crippen LogP contribution is 2.32. The Morgan fingerprint density at radius 1 is 1.00 bits per heavy atom. The molecule has 0 spiro atoms. The van der Waals surface area contributed by atoms with E-state index in [4.69, 9.17) is 8.94 Å². The maximum Gasteiger partial charge on any atom is 0.224 e. The fraction of sp³-hybridized carbons (Fsp3) is 0.393. The van der Waals surface area contributed by atoms with E-state index in [2.05, 4.69) is 35.4 Å². The first kappa shape index (κ1) is 23.7. The lowest BCUT2D eigenvalue weighted by Crippen LogP contribution is -2.30. The number of nitrogens with one attached hydrogen (secondary N) is 1. The highest BCUT2D eigenvalue weighted by molar-refractivity contribution is 5.86. The topological polar surface area (TPSA) is 81.2 Å². The first-order valence-electron chi connectivity index (χ1n) is 11.9. The van der Waals surface area contributed by atoms with E-state index in [1.807, 2.05) is 58.0 Å². The molecule has 1 amide bonds. The van der Waals surface area contributed by atoms with Gasteiger partial charge in [0, 0.05) is 16.8 Å². The monoisotopic (exact) mass is 459 g/mol. The Kier molecular flexibility index (Phi) is 6.87. The van der Waals surface area contributed by atoms with Crippen LogP contribution >= 0.6 is 0 Å². The van der Waals surface area contributed by atoms with E-state index in [9.17, 15) is 4.79 Å². The van der Waals surface area contributed by atoms with E-state index in [0.717, 1.165) is 69.1 Å². The van der Waals surface area contributed by atoms with Crippen molar-refractivity contribution in [3.8, 4) is 11.3 Å². The molecule has 1 unspecified atom stereocenters. The Hall–Kier alpha value is -3.41. The predicted molar refractivity (Wildman–Crippen MR) is 134 cm³/mol. The molecular formula is C28H33N3O3. The summed E-state index contributed by atoms with van der Waals surface area (Å²) in [5, 5.41) is 8.24. The third kappa shape index (κ3) is 5.22. The van der Waals surface area contributed by atoms with Gasteiger partial charge in [-0.2, -0.15) is 0 Å². The second kappa shape index (κ2) is 9.84. The maximum atomic E-state index is 13.1. The summed E-state index contributed by atoms with van der Waals surface area (Å²) < 4.78 is 11.3. The summed E-state index contributed by atoms with van der Waals surface area (Å²) in [6, 6.07) is 11.9. The fourth-order valence-electron chi connectivity index (χ4n) is 4.46. The lowest BCUT2D eigenvalue weighted by molar-refractivity contribution is -0.121. The summed E-state index contributed by atoms with van der Waals surface area (Å²) in [4.78, 5) is 17.7. The lowest BCUT2D eigenvalue weighted by Gasteiger charge is -2.22. The average Bonchev–Trinajstić information content (AvgIpc) is 3.32. The normalized spacial score (nSPS) is 12.4. The number of benzene rings is 1. The predicted octanol–water partition coefficient (Wildman–Crippen LogP) is 6.55. The minimum absolute atomic E-state index is 0.00234. The van der Waals surface area contributed by atoms with Crippen LogP contribution in [-0.2, 0) is 11.2 Å². The minimum Gasteiger partial charge on any atom is -0.456 e. The number of amides is 1. The van der Waals surface area contributed by atoms with Gasteiger partial charge in [0.2, 0.25) is 5.91 Å². The SMILES string of the molecule is Cc1ccc(C(CCC(C)C)NC(=O)Cc2ccc3oc(-c4c(C)noc4C)cc3c2)c(C)n1. The molecule has 0 aliphatic carbocycles. The standard InChI is InChI=1S/C28H33N3O3/c1-16(2)7-11-24(23-10-8-17(3)29-18(23)4)30-27(32)14-21-9-12-25-22(13-21)15-26(33-25)28-19(5)31-34-20(28)6/h8-10,12-13,15-16,24H,7,11,14H2,1-6H3,(H,30,32). The van der Waals surface area contributed by atoms with E-state index in [0.29, 0.717) is 12.3 Å². The smallest absolute Gasteiger partial charge is 0.224 e. The summed E-state index contributed by atoms with van der Waals surface area (Å²) >= 11 is 0. The summed E-state index contributed by atoms with van der Waals surface area (Å²) in [5.74, 6) is 2.02. The molecule has 34 heavy (non-hydrogen) atoms. The van der Waals surface area contributed by atoms with Crippen molar-refractivity contribution in [1.29, 1.82) is 0 Å². The zero-order valence-electron chi connectivity index (χ0n) is 20.9. The molecule has 4 rings (SSSR count). The van der Waals surface area contributed by atoms with Gasteiger partial charge in [0.25, 0.3) is 0 Å². The van der Waals surface area contributed by atoms with Gasteiger partial charge in [-0.05, 0) is 81.8 Å². The van der Waals surface area contributed by atoms with Gasteiger partial charge in [0.05, 0.1) is 23.7 Å². The Bertz CT molecular complexity index is 1300. The average molecular weight is 460 g/mol. The molecule has 178 valence electrons. The number of nitrogens with zero attached hydrogens (tertiary/aromatic N) is 2. The molecule has 0 radical (unpaired) electrons. The molecular weight excluding hydrogens is 426 g/mol. The fourth-order valence-corrected chi connectivity index (χ4v) is 4.46. The molecule has 1 N–H and O–H groups in total. The van der Waals surface area contributed by atoms with Crippen molar-refractivity contribution < 1.29 is 13.7 Å². The Morgan fingerprint density at radius 3 is 2.47 bits per heavy atom. The number of carbonyl (C=O) groups is 1. The molecule has 1 aromatic carbocycles. The summed E-state index contributed by atoms with van der Waals surface area (Å²) in [7, 11) is 0. The molecule has 0 bridgehead atoms. The van der Waals surface area contributed by atoms with Crippen molar-refractivity contribution in [2.45, 2.75) is 66.8 Å². The van der Waals surface area contributed by atoms with Crippen LogP contribution in [0.4, 0.5) is 0 Å². The van der Waals surface area contributed by atoms with Gasteiger partial charge in [-0.1, -0.05) is 31.1 Å². The molecule has 0 saturated heterocycles. The number of carbonyl (C=O) groups excluding carboxylic acids is 1. The highest BCUT2D eigenvalue weighted by Gasteiger charge is 2.19. The molecule has 0 fully saturated rings. The maximum absolute atomic E-state index is 13.1. The van der Waals surface area contributed by atoms with Crippen molar-refractivity contribution in [2.75, 3.05) is 0 Å². The lowest BCUT2D eigenvalue weighted by atomic mass is 9.96. The molecule has 3 heterocycles. The number of rotatable bonds is 8. The molecule has 3 aromatic heterocycles. The zero-order valence-corrected chi connectivity index (χ0v) is 20.9. The van der Waals surface area contributed by atoms with Crippen molar-refractivity contribution >= 4 is 16.9 Å². The van der Waals surface area contributed by atoms with Gasteiger partial charge in [-0.3, -0.25) is 9.78 Å². The summed E-state index contributed by atoms with van der Waals surface area (Å²) in [5.41, 5.74) is 6.44. The number of fused-ring (bicyclic) bond motifs is 1. The minimum atomic E-state index is -0.0493. The van der Waals surface area contributed by atoms with Gasteiger partial charge in [0.15, 0.2) is 0 Å². The van der Waals surface area contributed by atoms with Crippen LogP contribution in [0.1, 0.15) is 66.7 Å². The molecule has 1 atom stereocenters. The van der Waals surface area contributed by atoms with E-state index in [1.165, 1.54) is 0 Å². The van der Waals surface area contributed by atoms with E-state index in [1.54, 1.807) is 0 Å². The first-order chi connectivity index (χ1) is 16.2. The van der Waals surface area contributed by atoms with Crippen molar-refractivity contribution in [3.63, 3.8) is 0 Å². The van der Waals surface area contributed by atoms with E-state index >= 15 is 0 Å². The largest absolute Gasteiger partial charge is 0.456 e. The van der Waals surface area contributed by atoms with E-state index in [-0.39, 0.29) is 11.9 Å². The van der Waals surface area contributed by atoms with Crippen LogP contribution in [0, 0.1) is 33.6 Å². The van der Waals surface area contributed by atoms with Crippen LogP contribution in [0.25, 0.3) is 22.3 Å². The first-order valence-corrected chi connectivity index (χ1v) is 11.9. The number of furan rings is 1. The van der Waals surface area contributed by atoms with Crippen molar-refractivity contribution in [2.24, 2.45) is 5.92 Å². The molecule has 6 nitrogen and oxygen atoms in total. The highest BCUT2D eigenvalue weighted by atomic mass is 16.5. The quantitative estimate of drug-likeness (QED) is 0.323. The molecule has 4 aromatic rings. The molecule has 0 aliphatic rings. The number of aryl methyl sites for hydroxylation is 4. The number of aromatic nitrogens is 2. The van der Waals surface area contributed by atoms with Crippen LogP contribution in [0.5, 0.6) is 0 Å². The Morgan fingerprint density at radius 2 is 1.79 bits per heavy atom. The van der Waals surface area contributed by atoms with Crippen LogP contribution in [0.15, 0.2) is 45.3 Å². The Balaban J connectivity index is 1.52. The zero-order chi connectivity index (χ0) is 24.4. The Labute approximate surface area is 200 Å². The second-order valence-corrected chi connectivity index (χ2v) is 9.58. The molecule has 0 saturated carbocycles. The summed E-state index contributed by atoms with van der Waals surface area (Å²) in [6.07, 6.45) is 2.22. The molecule has 0 aliphatic heterocycles. The third-order valence-corrected chi connectivity index (χ3v) is 6.23. The van der Waals surface area contributed by atoms with Gasteiger partial charge in [-0.25, -0.2) is 0 Å². The van der Waals surface area contributed by atoms with Crippen LogP contribution < -0.4 is 5.32 Å². The van der Waals surface area contributed by atoms with Crippen LogP contribution in [0.2, 0.25) is 0 Å². The summed E-state index contributed by atoms with van der Waals surface area (Å²) in [6.45, 7) is 12.2. The van der Waals surface area contributed by atoms with Gasteiger partial charge >= 0.3 is 0 Å². The van der Waals surface area contributed by atoms with Crippen molar-refractivity contribution in [3.05, 3.63) is 70.4 Å². The van der Waals surface area contributed by atoms with E-state index < -0.39 is 0 Å². The van der Waals surface area contributed by atoms with Gasteiger partial charge < -0.3 is 14.3 Å². The molecule has 6 heteroatoms. The second-order valence-electron chi connectivity index (χ2n) is 9.58. The van der Waals surface area contributed by atoms with Gasteiger partial charge in [-0.15, -0.1) is 0 Å². The number of pyridine rings is 1. The number of hydrogen-bond acceptors (Lipinski definition) is 5. The number of hydrogen-bond donors (Lipinski definition) is 1. The van der Waals surface area contributed by atoms with Crippen LogP contribution in [0.3, 0.4) is 0 Å². The van der Waals surface area contributed by atoms with Crippen LogP contribution in [-0.4, -0.2) is 16.0 Å². The third-order valence-electron chi connectivity index (χ3n) is 6.23.